The van der Waals surface area contributed by atoms with Gasteiger partial charge in [0.05, 0.1) is 18.1 Å². The normalized spacial score (nSPS) is 13.8. The van der Waals surface area contributed by atoms with Crippen LogP contribution in [0.5, 0.6) is 0 Å². The lowest BCUT2D eigenvalue weighted by Gasteiger charge is -2.17. The molecule has 0 amide bonds. The molecule has 0 aliphatic carbocycles. The maximum Gasteiger partial charge on any atom is 0.311 e. The van der Waals surface area contributed by atoms with Crippen LogP contribution in [-0.2, 0) is 9.53 Å². The molecule has 84 valence electrons. The van der Waals surface area contributed by atoms with Crippen LogP contribution in [0.2, 0.25) is 0 Å². The molecule has 0 heterocycles. The van der Waals surface area contributed by atoms with Crippen molar-refractivity contribution in [1.82, 2.24) is 0 Å². The zero-order valence-corrected chi connectivity index (χ0v) is 9.12. The molecule has 1 unspecified atom stereocenters. The third-order valence-corrected chi connectivity index (χ3v) is 1.76. The predicted octanol–water partition coefficient (Wildman–Crippen LogP) is 0.709. The van der Waals surface area contributed by atoms with E-state index in [0.29, 0.717) is 12.8 Å². The summed E-state index contributed by atoms with van der Waals surface area (Å²) in [5.41, 5.74) is -0.498. The summed E-state index contributed by atoms with van der Waals surface area (Å²) in [5.74, 6) is -0.270. The number of carbonyl (C=O) groups is 1. The van der Waals surface area contributed by atoms with Crippen molar-refractivity contribution < 1.29 is 19.7 Å². The van der Waals surface area contributed by atoms with Crippen molar-refractivity contribution in [3.05, 3.63) is 0 Å². The van der Waals surface area contributed by atoms with Gasteiger partial charge in [-0.05, 0) is 27.2 Å². The fourth-order valence-electron chi connectivity index (χ4n) is 0.798. The maximum atomic E-state index is 11.3. The predicted molar refractivity (Wildman–Crippen MR) is 52.7 cm³/mol. The molecule has 0 saturated heterocycles. The first-order valence-electron chi connectivity index (χ1n) is 4.84. The molecule has 0 saturated carbocycles. The molecule has 0 aliphatic rings. The molecular formula is C10H20O4. The van der Waals surface area contributed by atoms with Crippen LogP contribution in [-0.4, -0.2) is 35.5 Å². The van der Waals surface area contributed by atoms with Gasteiger partial charge in [0.25, 0.3) is 0 Å². The zero-order valence-electron chi connectivity index (χ0n) is 9.12. The summed E-state index contributed by atoms with van der Waals surface area (Å²) in [6.07, 6.45) is 0.114. The maximum absolute atomic E-state index is 11.3. The van der Waals surface area contributed by atoms with Crippen LogP contribution in [0.4, 0.5) is 0 Å². The molecule has 0 bridgehead atoms. The van der Waals surface area contributed by atoms with Crippen LogP contribution in [0.25, 0.3) is 0 Å². The minimum atomic E-state index is -0.590. The first kappa shape index (κ1) is 13.4. The van der Waals surface area contributed by atoms with Gasteiger partial charge in [0.1, 0.15) is 0 Å². The van der Waals surface area contributed by atoms with E-state index in [0.717, 1.165) is 0 Å². The van der Waals surface area contributed by atoms with Gasteiger partial charge in [-0.25, -0.2) is 0 Å². The Bertz CT molecular complexity index is 171. The average molecular weight is 204 g/mol. The minimum absolute atomic E-state index is 0.0472. The number of hydrogen-bond donors (Lipinski definition) is 2. The van der Waals surface area contributed by atoms with Crippen molar-refractivity contribution in [3.63, 3.8) is 0 Å². The van der Waals surface area contributed by atoms with Gasteiger partial charge in [-0.2, -0.15) is 0 Å². The van der Waals surface area contributed by atoms with Gasteiger partial charge in [-0.3, -0.25) is 4.79 Å². The van der Waals surface area contributed by atoms with E-state index in [1.54, 1.807) is 20.8 Å². The highest BCUT2D eigenvalue weighted by Gasteiger charge is 2.22. The molecule has 0 rings (SSSR count). The highest BCUT2D eigenvalue weighted by Crippen LogP contribution is 2.15. The largest absolute Gasteiger partial charge is 0.465 e. The number of carbonyl (C=O) groups excluding carboxylic acids is 1. The molecule has 0 radical (unpaired) electrons. The number of hydrogen-bond acceptors (Lipinski definition) is 4. The Labute approximate surface area is 84.9 Å². The summed E-state index contributed by atoms with van der Waals surface area (Å²) in [5, 5.41) is 17.7. The smallest absolute Gasteiger partial charge is 0.311 e. The second-order valence-corrected chi connectivity index (χ2v) is 4.34. The van der Waals surface area contributed by atoms with Crippen LogP contribution in [0.3, 0.4) is 0 Å². The topological polar surface area (TPSA) is 66.8 Å². The van der Waals surface area contributed by atoms with E-state index < -0.39 is 11.5 Å². The summed E-state index contributed by atoms with van der Waals surface area (Å²) in [6, 6.07) is 0. The van der Waals surface area contributed by atoms with Crippen molar-refractivity contribution >= 4 is 5.97 Å². The molecule has 2 N–H and O–H groups in total. The minimum Gasteiger partial charge on any atom is -0.465 e. The van der Waals surface area contributed by atoms with Gasteiger partial charge in [0, 0.05) is 13.0 Å². The monoisotopic (exact) mass is 204 g/mol. The third-order valence-electron chi connectivity index (χ3n) is 1.76. The summed E-state index contributed by atoms with van der Waals surface area (Å²) in [4.78, 5) is 11.3. The summed E-state index contributed by atoms with van der Waals surface area (Å²) >= 11 is 0. The molecule has 0 aromatic heterocycles. The first-order valence-corrected chi connectivity index (χ1v) is 4.84. The number of aliphatic hydroxyl groups excluding tert-OH is 2. The molecule has 4 nitrogen and oxygen atoms in total. The van der Waals surface area contributed by atoms with Crippen molar-refractivity contribution in [2.75, 3.05) is 13.2 Å². The molecule has 0 aromatic carbocycles. The Morgan fingerprint density at radius 1 is 1.36 bits per heavy atom. The molecule has 4 heteroatoms. The molecule has 0 fully saturated rings. The number of aliphatic hydroxyl groups is 2. The Kier molecular flexibility index (Phi) is 5.72. The molecule has 0 aromatic rings. The average Bonchev–Trinajstić information content (AvgIpc) is 2.02. The molecule has 14 heavy (non-hydrogen) atoms. The lowest BCUT2D eigenvalue weighted by molar-refractivity contribution is -0.153. The van der Waals surface area contributed by atoms with Crippen LogP contribution in [0.1, 0.15) is 33.6 Å². The van der Waals surface area contributed by atoms with E-state index >= 15 is 0 Å². The van der Waals surface area contributed by atoms with Crippen molar-refractivity contribution in [1.29, 1.82) is 0 Å². The number of rotatable bonds is 5. The zero-order chi connectivity index (χ0) is 11.2. The molecule has 1 atom stereocenters. The van der Waals surface area contributed by atoms with Crippen molar-refractivity contribution in [2.45, 2.75) is 39.7 Å². The molecule has 0 spiro atoms. The fourth-order valence-corrected chi connectivity index (χ4v) is 0.798. The number of esters is 1. The van der Waals surface area contributed by atoms with E-state index in [1.165, 1.54) is 0 Å². The van der Waals surface area contributed by atoms with Crippen LogP contribution in [0, 0.1) is 5.41 Å². The van der Waals surface area contributed by atoms with Crippen LogP contribution < -0.4 is 0 Å². The molecular weight excluding hydrogens is 184 g/mol. The molecule has 0 aliphatic heterocycles. The Balaban J connectivity index is 3.59. The van der Waals surface area contributed by atoms with Gasteiger partial charge in [0.15, 0.2) is 0 Å². The highest BCUT2D eigenvalue weighted by atomic mass is 16.5. The fraction of sp³-hybridized carbons (Fsp3) is 0.900. The van der Waals surface area contributed by atoms with Gasteiger partial charge in [-0.1, -0.05) is 0 Å². The summed E-state index contributed by atoms with van der Waals surface area (Å²) in [7, 11) is 0. The van der Waals surface area contributed by atoms with Crippen molar-refractivity contribution in [3.8, 4) is 0 Å². The second-order valence-electron chi connectivity index (χ2n) is 4.34. The SMILES string of the molecule is CC(C)(C)C(=O)OCCC(O)CCO. The Morgan fingerprint density at radius 3 is 2.36 bits per heavy atom. The van der Waals surface area contributed by atoms with Gasteiger partial charge >= 0.3 is 5.97 Å². The van der Waals surface area contributed by atoms with E-state index in [4.69, 9.17) is 9.84 Å². The van der Waals surface area contributed by atoms with E-state index in [-0.39, 0.29) is 19.2 Å². The quantitative estimate of drug-likeness (QED) is 0.647. The van der Waals surface area contributed by atoms with Gasteiger partial charge in [-0.15, -0.1) is 0 Å². The van der Waals surface area contributed by atoms with Gasteiger partial charge < -0.3 is 14.9 Å². The highest BCUT2D eigenvalue weighted by molar-refractivity contribution is 5.75. The van der Waals surface area contributed by atoms with E-state index in [1.807, 2.05) is 0 Å². The lowest BCUT2D eigenvalue weighted by atomic mass is 9.97. The van der Waals surface area contributed by atoms with E-state index in [2.05, 4.69) is 0 Å². The van der Waals surface area contributed by atoms with Crippen LogP contribution in [0.15, 0.2) is 0 Å². The standard InChI is InChI=1S/C10H20O4/c1-10(2,3)9(13)14-7-5-8(12)4-6-11/h8,11-12H,4-7H2,1-3H3. The summed E-state index contributed by atoms with van der Waals surface area (Å²) < 4.78 is 4.94. The first-order chi connectivity index (χ1) is 6.38. The third kappa shape index (κ3) is 5.94. The van der Waals surface area contributed by atoms with Crippen LogP contribution >= 0.6 is 0 Å². The lowest BCUT2D eigenvalue weighted by Crippen LogP contribution is -2.24. The van der Waals surface area contributed by atoms with Crippen molar-refractivity contribution in [2.24, 2.45) is 5.41 Å². The van der Waals surface area contributed by atoms with E-state index in [9.17, 15) is 9.90 Å². The second kappa shape index (κ2) is 5.98. The van der Waals surface area contributed by atoms with Gasteiger partial charge in [0.2, 0.25) is 0 Å². The Hall–Kier alpha value is -0.610. The Morgan fingerprint density at radius 2 is 1.93 bits per heavy atom. The number of ether oxygens (including phenoxy) is 1. The summed E-state index contributed by atoms with van der Waals surface area (Å²) in [6.45, 7) is 5.49.